The largest absolute Gasteiger partial charge is 0.366 e. The average molecular weight is 280 g/mol. The van der Waals surface area contributed by atoms with E-state index in [9.17, 15) is 9.18 Å². The van der Waals surface area contributed by atoms with Gasteiger partial charge in [0.1, 0.15) is 5.82 Å². The van der Waals surface area contributed by atoms with E-state index in [-0.39, 0.29) is 16.5 Å². The van der Waals surface area contributed by atoms with Crippen LogP contribution in [-0.4, -0.2) is 16.1 Å². The normalized spacial score (nSPS) is 10.5. The fourth-order valence-corrected chi connectivity index (χ4v) is 1.84. The smallest absolute Gasteiger partial charge is 0.251 e. The molecule has 0 spiro atoms. The van der Waals surface area contributed by atoms with E-state index >= 15 is 0 Å². The van der Waals surface area contributed by atoms with Crippen molar-refractivity contribution in [1.82, 2.24) is 10.2 Å². The van der Waals surface area contributed by atoms with Gasteiger partial charge in [-0.05, 0) is 43.2 Å². The number of nitrogens with two attached hydrogens (primary N) is 1. The summed E-state index contributed by atoms with van der Waals surface area (Å²) in [5, 5.41) is 7.43. The van der Waals surface area contributed by atoms with Crippen molar-refractivity contribution >= 4 is 17.5 Å². The van der Waals surface area contributed by atoms with Crippen LogP contribution >= 0.6 is 11.6 Å². The monoisotopic (exact) mass is 279 g/mol. The van der Waals surface area contributed by atoms with Gasteiger partial charge >= 0.3 is 0 Å². The van der Waals surface area contributed by atoms with Crippen LogP contribution in [0.5, 0.6) is 0 Å². The molecule has 0 saturated heterocycles. The second-order valence-electron chi connectivity index (χ2n) is 4.20. The van der Waals surface area contributed by atoms with Gasteiger partial charge in [-0.1, -0.05) is 11.6 Å². The summed E-state index contributed by atoms with van der Waals surface area (Å²) >= 11 is 5.72. The third-order valence-electron chi connectivity index (χ3n) is 2.91. The van der Waals surface area contributed by atoms with Crippen LogP contribution in [0.2, 0.25) is 5.15 Å². The van der Waals surface area contributed by atoms with Crippen LogP contribution in [0.3, 0.4) is 0 Å². The molecule has 0 saturated carbocycles. The first-order chi connectivity index (χ1) is 8.90. The molecule has 0 aliphatic heterocycles. The van der Waals surface area contributed by atoms with Gasteiger partial charge in [-0.15, -0.1) is 10.2 Å². The van der Waals surface area contributed by atoms with Crippen molar-refractivity contribution in [3.63, 3.8) is 0 Å². The molecule has 2 aromatic rings. The molecule has 98 valence electrons. The van der Waals surface area contributed by atoms with Crippen molar-refractivity contribution in [3.8, 4) is 11.3 Å². The minimum Gasteiger partial charge on any atom is -0.366 e. The number of hydrogen-bond donors (Lipinski definition) is 1. The highest BCUT2D eigenvalue weighted by Gasteiger charge is 2.13. The number of benzene rings is 1. The Balaban J connectivity index is 2.60. The fraction of sp³-hybridized carbons (Fsp3) is 0.154. The zero-order valence-electron chi connectivity index (χ0n) is 10.4. The number of aryl methyl sites for hydroxylation is 1. The lowest BCUT2D eigenvalue weighted by Gasteiger charge is -2.07. The van der Waals surface area contributed by atoms with Gasteiger partial charge in [-0.3, -0.25) is 4.79 Å². The van der Waals surface area contributed by atoms with Crippen LogP contribution in [0.15, 0.2) is 18.2 Å². The van der Waals surface area contributed by atoms with E-state index in [1.807, 2.05) is 0 Å². The lowest BCUT2D eigenvalue weighted by molar-refractivity contribution is 0.1000. The van der Waals surface area contributed by atoms with E-state index in [2.05, 4.69) is 10.2 Å². The number of primary amides is 1. The highest BCUT2D eigenvalue weighted by Crippen LogP contribution is 2.24. The molecule has 0 unspecified atom stereocenters. The van der Waals surface area contributed by atoms with E-state index in [0.29, 0.717) is 16.8 Å². The van der Waals surface area contributed by atoms with Crippen molar-refractivity contribution in [2.45, 2.75) is 13.8 Å². The molecule has 1 heterocycles. The second-order valence-corrected chi connectivity index (χ2v) is 4.56. The quantitative estimate of drug-likeness (QED) is 0.919. The Morgan fingerprint density at radius 2 is 1.95 bits per heavy atom. The molecule has 0 bridgehead atoms. The van der Waals surface area contributed by atoms with Gasteiger partial charge in [-0.25, -0.2) is 4.39 Å². The number of nitrogens with zero attached hydrogens (tertiary/aromatic N) is 2. The molecule has 0 atom stereocenters. The third kappa shape index (κ3) is 2.56. The predicted octanol–water partition coefficient (Wildman–Crippen LogP) is 2.65. The maximum atomic E-state index is 13.7. The van der Waals surface area contributed by atoms with Crippen LogP contribution in [0.25, 0.3) is 11.3 Å². The Hall–Kier alpha value is -2.01. The number of carbonyl (C=O) groups excluding carboxylic acids is 1. The van der Waals surface area contributed by atoms with Gasteiger partial charge in [-0.2, -0.15) is 0 Å². The first-order valence-electron chi connectivity index (χ1n) is 5.50. The van der Waals surface area contributed by atoms with Crippen molar-refractivity contribution in [2.75, 3.05) is 0 Å². The number of carbonyl (C=O) groups is 1. The summed E-state index contributed by atoms with van der Waals surface area (Å²) in [5.41, 5.74) is 7.46. The van der Waals surface area contributed by atoms with Crippen molar-refractivity contribution in [3.05, 3.63) is 45.9 Å². The molecule has 2 N–H and O–H groups in total. The molecule has 1 aromatic heterocycles. The number of aromatic nitrogens is 2. The number of rotatable bonds is 2. The second kappa shape index (κ2) is 4.93. The summed E-state index contributed by atoms with van der Waals surface area (Å²) in [7, 11) is 0. The summed E-state index contributed by atoms with van der Waals surface area (Å²) in [4.78, 5) is 11.2. The Labute approximate surface area is 114 Å². The lowest BCUT2D eigenvalue weighted by Crippen LogP contribution is -2.13. The van der Waals surface area contributed by atoms with E-state index in [1.54, 1.807) is 19.9 Å². The Morgan fingerprint density at radius 3 is 2.53 bits per heavy atom. The zero-order valence-corrected chi connectivity index (χ0v) is 11.1. The highest BCUT2D eigenvalue weighted by molar-refractivity contribution is 6.32. The Morgan fingerprint density at radius 1 is 1.26 bits per heavy atom. The molecule has 0 aliphatic carbocycles. The SMILES string of the molecule is Cc1cc(-c2cc(C(N)=O)c(Cl)nn2)cc(F)c1C. The molecule has 0 fully saturated rings. The number of hydrogen-bond acceptors (Lipinski definition) is 3. The summed E-state index contributed by atoms with van der Waals surface area (Å²) in [6, 6.07) is 4.51. The Bertz CT molecular complexity index is 650. The topological polar surface area (TPSA) is 68.9 Å². The molecular formula is C13H11ClFN3O. The molecule has 4 nitrogen and oxygen atoms in total. The fourth-order valence-electron chi connectivity index (χ4n) is 1.65. The maximum Gasteiger partial charge on any atom is 0.251 e. The minimum atomic E-state index is -0.703. The highest BCUT2D eigenvalue weighted by atomic mass is 35.5. The van der Waals surface area contributed by atoms with E-state index in [0.717, 1.165) is 5.56 Å². The summed E-state index contributed by atoms with van der Waals surface area (Å²) < 4.78 is 13.7. The van der Waals surface area contributed by atoms with Crippen molar-refractivity contribution < 1.29 is 9.18 Å². The van der Waals surface area contributed by atoms with Gasteiger partial charge in [0.25, 0.3) is 5.91 Å². The van der Waals surface area contributed by atoms with Gasteiger partial charge in [0.15, 0.2) is 5.15 Å². The summed E-state index contributed by atoms with van der Waals surface area (Å²) in [6.07, 6.45) is 0. The first kappa shape index (κ1) is 13.4. The molecule has 1 amide bonds. The van der Waals surface area contributed by atoms with Crippen LogP contribution < -0.4 is 5.73 Å². The molecule has 2 rings (SSSR count). The summed E-state index contributed by atoms with van der Waals surface area (Å²) in [5.74, 6) is -1.04. The van der Waals surface area contributed by atoms with Crippen molar-refractivity contribution in [2.24, 2.45) is 5.73 Å². The van der Waals surface area contributed by atoms with Crippen molar-refractivity contribution in [1.29, 1.82) is 0 Å². The Kier molecular flexibility index (Phi) is 3.48. The average Bonchev–Trinajstić information content (AvgIpc) is 2.35. The molecule has 1 aromatic carbocycles. The van der Waals surface area contributed by atoms with Gasteiger partial charge < -0.3 is 5.73 Å². The molecular weight excluding hydrogens is 269 g/mol. The van der Waals surface area contributed by atoms with Gasteiger partial charge in [0, 0.05) is 5.56 Å². The lowest BCUT2D eigenvalue weighted by atomic mass is 10.0. The van der Waals surface area contributed by atoms with E-state index in [1.165, 1.54) is 12.1 Å². The van der Waals surface area contributed by atoms with Crippen LogP contribution in [0.1, 0.15) is 21.5 Å². The van der Waals surface area contributed by atoms with Gasteiger partial charge in [0.2, 0.25) is 0 Å². The molecule has 0 aliphatic rings. The summed E-state index contributed by atoms with van der Waals surface area (Å²) in [6.45, 7) is 3.48. The van der Waals surface area contributed by atoms with E-state index in [4.69, 9.17) is 17.3 Å². The van der Waals surface area contributed by atoms with Gasteiger partial charge in [0.05, 0.1) is 11.3 Å². The maximum absolute atomic E-state index is 13.7. The number of amides is 1. The standard InChI is InChI=1S/C13H11ClFN3O/c1-6-3-8(4-10(15)7(6)2)11-5-9(13(16)19)12(14)18-17-11/h3-5H,1-2H3,(H2,16,19). The predicted molar refractivity (Wildman–Crippen MR) is 70.4 cm³/mol. The minimum absolute atomic E-state index is 0.0605. The number of halogens is 2. The van der Waals surface area contributed by atoms with Crippen LogP contribution in [-0.2, 0) is 0 Å². The van der Waals surface area contributed by atoms with Crippen LogP contribution in [0, 0.1) is 19.7 Å². The molecule has 19 heavy (non-hydrogen) atoms. The van der Waals surface area contributed by atoms with E-state index < -0.39 is 5.91 Å². The zero-order chi connectivity index (χ0) is 14.2. The first-order valence-corrected chi connectivity index (χ1v) is 5.88. The molecule has 6 heteroatoms. The van der Waals surface area contributed by atoms with Crippen LogP contribution in [0.4, 0.5) is 4.39 Å². The third-order valence-corrected chi connectivity index (χ3v) is 3.19. The molecule has 0 radical (unpaired) electrons.